The van der Waals surface area contributed by atoms with Gasteiger partial charge in [-0.2, -0.15) is 0 Å². The summed E-state index contributed by atoms with van der Waals surface area (Å²) in [5, 5.41) is 12.8. The van der Waals surface area contributed by atoms with E-state index >= 15 is 0 Å². The molecule has 0 atom stereocenters. The first-order chi connectivity index (χ1) is 13.0. The van der Waals surface area contributed by atoms with Crippen molar-refractivity contribution in [2.24, 2.45) is 0 Å². The monoisotopic (exact) mass is 403 g/mol. The Morgan fingerprint density at radius 2 is 1.15 bits per heavy atom. The van der Waals surface area contributed by atoms with E-state index in [1.54, 1.807) is 0 Å². The molecule has 2 aliphatic rings. The second-order valence-corrected chi connectivity index (χ2v) is 9.00. The maximum absolute atomic E-state index is 11.3. The van der Waals surface area contributed by atoms with Crippen LogP contribution in [-0.2, 0) is 11.1 Å². The Morgan fingerprint density at radius 1 is 0.667 bits per heavy atom. The SMILES string of the molecule is OC1(c2ccc(Cl)cc2)CCN(C2(c3ccc(Cl)cc3)CCCCC2)CC1. The number of rotatable bonds is 3. The van der Waals surface area contributed by atoms with Crippen LogP contribution >= 0.6 is 23.2 Å². The summed E-state index contributed by atoms with van der Waals surface area (Å²) >= 11 is 12.2. The highest BCUT2D eigenvalue weighted by molar-refractivity contribution is 6.30. The molecule has 1 heterocycles. The third-order valence-electron chi connectivity index (χ3n) is 6.64. The summed E-state index contributed by atoms with van der Waals surface area (Å²) in [7, 11) is 0. The molecular formula is C23H27Cl2NO. The maximum Gasteiger partial charge on any atom is 0.0920 e. The van der Waals surface area contributed by atoms with Gasteiger partial charge in [0.05, 0.1) is 5.60 Å². The Balaban J connectivity index is 1.57. The van der Waals surface area contributed by atoms with Crippen LogP contribution in [-0.4, -0.2) is 23.1 Å². The van der Waals surface area contributed by atoms with Crippen molar-refractivity contribution in [3.63, 3.8) is 0 Å². The lowest BCUT2D eigenvalue weighted by Gasteiger charge is -2.51. The predicted molar refractivity (Wildman–Crippen MR) is 112 cm³/mol. The zero-order valence-electron chi connectivity index (χ0n) is 15.6. The van der Waals surface area contributed by atoms with Gasteiger partial charge in [0.25, 0.3) is 0 Å². The summed E-state index contributed by atoms with van der Waals surface area (Å²) in [6.07, 6.45) is 7.73. The molecule has 4 rings (SSSR count). The Hall–Kier alpha value is -1.06. The van der Waals surface area contributed by atoms with Crippen LogP contribution in [0.5, 0.6) is 0 Å². The van der Waals surface area contributed by atoms with E-state index in [0.717, 1.165) is 36.5 Å². The number of halogens is 2. The van der Waals surface area contributed by atoms with Gasteiger partial charge in [0.15, 0.2) is 0 Å². The van der Waals surface area contributed by atoms with Gasteiger partial charge < -0.3 is 5.11 Å². The van der Waals surface area contributed by atoms with E-state index in [1.165, 1.54) is 37.7 Å². The fourth-order valence-corrected chi connectivity index (χ4v) is 5.29. The third kappa shape index (κ3) is 3.78. The predicted octanol–water partition coefficient (Wildman–Crippen LogP) is 6.14. The van der Waals surface area contributed by atoms with Crippen LogP contribution in [0.25, 0.3) is 0 Å². The number of hydrogen-bond donors (Lipinski definition) is 1. The summed E-state index contributed by atoms with van der Waals surface area (Å²) in [6, 6.07) is 16.1. The van der Waals surface area contributed by atoms with Gasteiger partial charge in [0.1, 0.15) is 0 Å². The van der Waals surface area contributed by atoms with Gasteiger partial charge in [-0.05, 0) is 61.1 Å². The van der Waals surface area contributed by atoms with E-state index in [4.69, 9.17) is 23.2 Å². The highest BCUT2D eigenvalue weighted by atomic mass is 35.5. The van der Waals surface area contributed by atoms with E-state index < -0.39 is 5.60 Å². The van der Waals surface area contributed by atoms with E-state index in [2.05, 4.69) is 17.0 Å². The van der Waals surface area contributed by atoms with Crippen molar-refractivity contribution in [2.75, 3.05) is 13.1 Å². The lowest BCUT2D eigenvalue weighted by atomic mass is 9.73. The van der Waals surface area contributed by atoms with Crippen molar-refractivity contribution in [3.8, 4) is 0 Å². The van der Waals surface area contributed by atoms with Gasteiger partial charge >= 0.3 is 0 Å². The minimum Gasteiger partial charge on any atom is -0.385 e. The van der Waals surface area contributed by atoms with Gasteiger partial charge in [-0.1, -0.05) is 66.7 Å². The molecule has 1 N–H and O–H groups in total. The van der Waals surface area contributed by atoms with Crippen molar-refractivity contribution < 1.29 is 5.11 Å². The molecule has 1 aliphatic heterocycles. The fourth-order valence-electron chi connectivity index (χ4n) is 5.04. The first kappa shape index (κ1) is 19.3. The number of benzene rings is 2. The Morgan fingerprint density at radius 3 is 1.67 bits per heavy atom. The molecule has 2 nitrogen and oxygen atoms in total. The number of piperidine rings is 1. The summed E-state index contributed by atoms with van der Waals surface area (Å²) in [5.41, 5.74) is 1.69. The number of likely N-dealkylation sites (tertiary alicyclic amines) is 1. The summed E-state index contributed by atoms with van der Waals surface area (Å²) in [4.78, 5) is 2.62. The Labute approximate surface area is 172 Å². The molecule has 0 amide bonds. The summed E-state index contributed by atoms with van der Waals surface area (Å²) in [5.74, 6) is 0. The molecule has 1 aliphatic carbocycles. The number of hydrogen-bond acceptors (Lipinski definition) is 2. The second-order valence-electron chi connectivity index (χ2n) is 8.12. The maximum atomic E-state index is 11.3. The Bertz CT molecular complexity index is 758. The van der Waals surface area contributed by atoms with Crippen LogP contribution in [0, 0.1) is 0 Å². The van der Waals surface area contributed by atoms with E-state index in [9.17, 15) is 5.11 Å². The van der Waals surface area contributed by atoms with Crippen molar-refractivity contribution in [1.82, 2.24) is 4.90 Å². The van der Waals surface area contributed by atoms with E-state index in [0.29, 0.717) is 5.02 Å². The molecule has 2 aromatic rings. The van der Waals surface area contributed by atoms with Crippen LogP contribution in [0.3, 0.4) is 0 Å². The minimum absolute atomic E-state index is 0.0875. The molecule has 4 heteroatoms. The van der Waals surface area contributed by atoms with Gasteiger partial charge in [-0.15, -0.1) is 0 Å². The lowest BCUT2D eigenvalue weighted by molar-refractivity contribution is -0.0668. The lowest BCUT2D eigenvalue weighted by Crippen LogP contribution is -2.53. The molecule has 1 saturated carbocycles. The first-order valence-corrected chi connectivity index (χ1v) is 10.8. The molecule has 0 spiro atoms. The highest BCUT2D eigenvalue weighted by Crippen LogP contribution is 2.46. The van der Waals surface area contributed by atoms with Crippen molar-refractivity contribution in [2.45, 2.75) is 56.1 Å². The van der Waals surface area contributed by atoms with Crippen molar-refractivity contribution in [1.29, 1.82) is 0 Å². The van der Waals surface area contributed by atoms with Gasteiger partial charge in [-0.25, -0.2) is 0 Å². The standard InChI is InChI=1S/C23H27Cl2NO/c24-20-8-4-18(5-9-20)22(12-2-1-3-13-22)26-16-14-23(27,15-17-26)19-6-10-21(25)11-7-19/h4-11,27H,1-3,12-17H2. The topological polar surface area (TPSA) is 23.5 Å². The van der Waals surface area contributed by atoms with Crippen molar-refractivity contribution in [3.05, 3.63) is 69.7 Å². The van der Waals surface area contributed by atoms with Crippen LogP contribution in [0.15, 0.2) is 48.5 Å². The number of aliphatic hydroxyl groups is 1. The molecule has 0 radical (unpaired) electrons. The van der Waals surface area contributed by atoms with E-state index in [-0.39, 0.29) is 5.54 Å². The van der Waals surface area contributed by atoms with Crippen molar-refractivity contribution >= 4 is 23.2 Å². The molecule has 0 aromatic heterocycles. The highest BCUT2D eigenvalue weighted by Gasteiger charge is 2.44. The van der Waals surface area contributed by atoms with Crippen LogP contribution in [0.4, 0.5) is 0 Å². The Kier molecular flexibility index (Phi) is 5.53. The van der Waals surface area contributed by atoms with Crippen LogP contribution in [0.2, 0.25) is 10.0 Å². The summed E-state index contributed by atoms with van der Waals surface area (Å²) < 4.78 is 0. The first-order valence-electron chi connectivity index (χ1n) is 10.0. The number of nitrogens with zero attached hydrogens (tertiary/aromatic N) is 1. The largest absolute Gasteiger partial charge is 0.385 e. The minimum atomic E-state index is -0.753. The average Bonchev–Trinajstić information content (AvgIpc) is 2.70. The van der Waals surface area contributed by atoms with Gasteiger partial charge in [-0.3, -0.25) is 4.90 Å². The molecule has 27 heavy (non-hydrogen) atoms. The molecule has 1 saturated heterocycles. The zero-order valence-corrected chi connectivity index (χ0v) is 17.1. The van der Waals surface area contributed by atoms with Crippen LogP contribution < -0.4 is 0 Å². The average molecular weight is 404 g/mol. The fraction of sp³-hybridized carbons (Fsp3) is 0.478. The van der Waals surface area contributed by atoms with E-state index in [1.807, 2.05) is 36.4 Å². The molecule has 2 aromatic carbocycles. The summed E-state index contributed by atoms with van der Waals surface area (Å²) in [6.45, 7) is 1.81. The quantitative estimate of drug-likeness (QED) is 0.665. The smallest absolute Gasteiger partial charge is 0.0920 e. The molecule has 144 valence electrons. The van der Waals surface area contributed by atoms with Crippen LogP contribution in [0.1, 0.15) is 56.1 Å². The normalized spacial score (nSPS) is 22.5. The third-order valence-corrected chi connectivity index (χ3v) is 7.14. The molecular weight excluding hydrogens is 377 g/mol. The molecule has 0 bridgehead atoms. The van der Waals surface area contributed by atoms with Gasteiger partial charge in [0, 0.05) is 28.7 Å². The van der Waals surface area contributed by atoms with Gasteiger partial charge in [0.2, 0.25) is 0 Å². The molecule has 2 fully saturated rings. The second kappa shape index (κ2) is 7.75. The molecule has 0 unspecified atom stereocenters. The zero-order chi connectivity index (χ0) is 18.9.